The smallest absolute Gasteiger partial charge is 0.416 e. The molecule has 5 nitrogen and oxygen atoms in total. The Morgan fingerprint density at radius 1 is 1.00 bits per heavy atom. The molecule has 0 saturated carbocycles. The van der Waals surface area contributed by atoms with Crippen molar-refractivity contribution in [2.45, 2.75) is 11.1 Å². The molecular weight excluding hydrogens is 417 g/mol. The van der Waals surface area contributed by atoms with Gasteiger partial charge >= 0.3 is 6.18 Å². The minimum Gasteiger partial charge on any atom is -0.480 e. The Morgan fingerprint density at radius 2 is 1.57 bits per heavy atom. The molecule has 0 radical (unpaired) electrons. The third-order valence-electron chi connectivity index (χ3n) is 4.38. The summed E-state index contributed by atoms with van der Waals surface area (Å²) in [6.07, 6.45) is -3.39. The average Bonchev–Trinajstić information content (AvgIpc) is 2.71. The maximum Gasteiger partial charge on any atom is 0.416 e. The molecule has 0 amide bonds. The molecule has 9 heteroatoms. The van der Waals surface area contributed by atoms with Crippen molar-refractivity contribution < 1.29 is 26.3 Å². The summed E-state index contributed by atoms with van der Waals surface area (Å²) in [4.78, 5) is 4.44. The minimum atomic E-state index is -4.47. The SMILES string of the molecule is COc1nc(-c2ccc(C(F)(F)F)cc2)c(-c2ccc(S(C)(=O)=O)cc2)cc1C#N. The van der Waals surface area contributed by atoms with Gasteiger partial charge in [-0.25, -0.2) is 13.4 Å². The highest BCUT2D eigenvalue weighted by Crippen LogP contribution is 2.36. The first-order valence-corrected chi connectivity index (χ1v) is 10.4. The molecular formula is C21H15F3N2O3S. The molecule has 0 unspecified atom stereocenters. The summed E-state index contributed by atoms with van der Waals surface area (Å²) in [7, 11) is -2.07. The first-order valence-electron chi connectivity index (χ1n) is 8.52. The Kier molecular flexibility index (Phi) is 5.55. The van der Waals surface area contributed by atoms with Crippen molar-refractivity contribution in [1.82, 2.24) is 4.98 Å². The molecule has 0 aliphatic rings. The third kappa shape index (κ3) is 4.28. The molecule has 1 heterocycles. The first kappa shape index (κ1) is 21.3. The summed E-state index contributed by atoms with van der Waals surface area (Å²) in [5.74, 6) is 0.0314. The number of methoxy groups -OCH3 is 1. The second kappa shape index (κ2) is 7.80. The van der Waals surface area contributed by atoms with E-state index in [0.29, 0.717) is 22.4 Å². The van der Waals surface area contributed by atoms with E-state index in [1.54, 1.807) is 12.1 Å². The molecule has 3 aromatic rings. The van der Waals surface area contributed by atoms with Crippen LogP contribution in [-0.4, -0.2) is 26.8 Å². The van der Waals surface area contributed by atoms with Gasteiger partial charge in [-0.2, -0.15) is 18.4 Å². The second-order valence-electron chi connectivity index (χ2n) is 6.42. The fraction of sp³-hybridized carbons (Fsp3) is 0.143. The van der Waals surface area contributed by atoms with Gasteiger partial charge in [0, 0.05) is 17.4 Å². The maximum absolute atomic E-state index is 12.9. The quantitative estimate of drug-likeness (QED) is 0.596. The fourth-order valence-corrected chi connectivity index (χ4v) is 3.50. The lowest BCUT2D eigenvalue weighted by molar-refractivity contribution is -0.137. The Bertz CT molecular complexity index is 1230. The van der Waals surface area contributed by atoms with Gasteiger partial charge in [-0.3, -0.25) is 0 Å². The summed E-state index contributed by atoms with van der Waals surface area (Å²) in [6.45, 7) is 0. The predicted octanol–water partition coefficient (Wildman–Crippen LogP) is 4.72. The van der Waals surface area contributed by atoms with Crippen molar-refractivity contribution in [3.05, 3.63) is 65.7 Å². The number of nitriles is 1. The van der Waals surface area contributed by atoms with Gasteiger partial charge in [0.25, 0.3) is 0 Å². The van der Waals surface area contributed by atoms with Gasteiger partial charge in [0.2, 0.25) is 5.88 Å². The largest absolute Gasteiger partial charge is 0.480 e. The van der Waals surface area contributed by atoms with Crippen molar-refractivity contribution >= 4 is 9.84 Å². The van der Waals surface area contributed by atoms with E-state index in [2.05, 4.69) is 4.98 Å². The Hall–Kier alpha value is -3.38. The number of benzene rings is 2. The molecule has 0 bridgehead atoms. The number of sulfone groups is 1. The number of halogens is 3. The highest BCUT2D eigenvalue weighted by atomic mass is 32.2. The van der Waals surface area contributed by atoms with Crippen molar-refractivity contribution in [2.75, 3.05) is 13.4 Å². The normalized spacial score (nSPS) is 11.7. The Morgan fingerprint density at radius 3 is 2.03 bits per heavy atom. The summed E-state index contributed by atoms with van der Waals surface area (Å²) < 4.78 is 67.2. The third-order valence-corrected chi connectivity index (χ3v) is 5.51. The van der Waals surface area contributed by atoms with Gasteiger partial charge in [0.1, 0.15) is 11.6 Å². The lowest BCUT2D eigenvalue weighted by Crippen LogP contribution is -2.04. The standard InChI is InChI=1S/C21H15F3N2O3S/c1-29-20-15(12-25)11-18(13-5-9-17(10-6-13)30(2,27)28)19(26-20)14-3-7-16(8-4-14)21(22,23)24/h3-11H,1-2H3. The van der Waals surface area contributed by atoms with Crippen LogP contribution in [0, 0.1) is 11.3 Å². The minimum absolute atomic E-state index is 0.0314. The van der Waals surface area contributed by atoms with Crippen LogP contribution in [0.5, 0.6) is 5.88 Å². The zero-order valence-corrected chi connectivity index (χ0v) is 16.7. The van der Waals surface area contributed by atoms with Gasteiger partial charge in [-0.15, -0.1) is 0 Å². The molecule has 30 heavy (non-hydrogen) atoms. The van der Waals surface area contributed by atoms with E-state index in [1.165, 1.54) is 37.4 Å². The van der Waals surface area contributed by atoms with Gasteiger partial charge in [0.15, 0.2) is 9.84 Å². The van der Waals surface area contributed by atoms with Crippen LogP contribution in [0.25, 0.3) is 22.4 Å². The van der Waals surface area contributed by atoms with E-state index in [9.17, 15) is 26.9 Å². The van der Waals surface area contributed by atoms with Gasteiger partial charge in [-0.1, -0.05) is 24.3 Å². The number of rotatable bonds is 4. The van der Waals surface area contributed by atoms with E-state index in [4.69, 9.17) is 4.74 Å². The molecule has 0 atom stereocenters. The number of aromatic nitrogens is 1. The monoisotopic (exact) mass is 432 g/mol. The molecule has 3 rings (SSSR count). The van der Waals surface area contributed by atoms with Gasteiger partial charge in [-0.05, 0) is 35.9 Å². The fourth-order valence-electron chi connectivity index (χ4n) is 2.87. The number of pyridine rings is 1. The molecule has 0 saturated heterocycles. The van der Waals surface area contributed by atoms with Crippen LogP contribution in [0.1, 0.15) is 11.1 Å². The number of nitrogens with zero attached hydrogens (tertiary/aromatic N) is 2. The van der Waals surface area contributed by atoms with Gasteiger partial charge < -0.3 is 4.74 Å². The highest BCUT2D eigenvalue weighted by Gasteiger charge is 2.30. The van der Waals surface area contributed by atoms with Crippen molar-refractivity contribution in [2.24, 2.45) is 0 Å². The van der Waals surface area contributed by atoms with E-state index >= 15 is 0 Å². The molecule has 0 N–H and O–H groups in total. The summed E-state index contributed by atoms with van der Waals surface area (Å²) in [6, 6.07) is 13.9. The second-order valence-corrected chi connectivity index (χ2v) is 8.44. The molecule has 0 aliphatic heterocycles. The molecule has 1 aromatic heterocycles. The van der Waals surface area contributed by atoms with Crippen LogP contribution in [0.15, 0.2) is 59.5 Å². The maximum atomic E-state index is 12.9. The Labute approximate surface area is 171 Å². The van der Waals surface area contributed by atoms with Crippen molar-refractivity contribution in [3.8, 4) is 34.3 Å². The van der Waals surface area contributed by atoms with Gasteiger partial charge in [0.05, 0.1) is 23.3 Å². The highest BCUT2D eigenvalue weighted by molar-refractivity contribution is 7.90. The topological polar surface area (TPSA) is 80.0 Å². The van der Waals surface area contributed by atoms with E-state index in [-0.39, 0.29) is 16.3 Å². The van der Waals surface area contributed by atoms with Crippen LogP contribution in [0.2, 0.25) is 0 Å². The van der Waals surface area contributed by atoms with Crippen LogP contribution < -0.4 is 4.74 Å². The molecule has 2 aromatic carbocycles. The van der Waals surface area contributed by atoms with E-state index < -0.39 is 21.6 Å². The molecule has 0 aliphatic carbocycles. The lowest BCUT2D eigenvalue weighted by Gasteiger charge is -2.14. The zero-order valence-electron chi connectivity index (χ0n) is 15.9. The average molecular weight is 432 g/mol. The number of hydrogen-bond acceptors (Lipinski definition) is 5. The molecule has 0 fully saturated rings. The number of hydrogen-bond donors (Lipinski definition) is 0. The van der Waals surface area contributed by atoms with Crippen LogP contribution in [0.4, 0.5) is 13.2 Å². The molecule has 0 spiro atoms. The van der Waals surface area contributed by atoms with Crippen LogP contribution >= 0.6 is 0 Å². The van der Waals surface area contributed by atoms with Crippen molar-refractivity contribution in [1.29, 1.82) is 5.26 Å². The van der Waals surface area contributed by atoms with Crippen molar-refractivity contribution in [3.63, 3.8) is 0 Å². The summed E-state index contributed by atoms with van der Waals surface area (Å²) in [5.41, 5.74) is 1.01. The van der Waals surface area contributed by atoms with Crippen LogP contribution in [0.3, 0.4) is 0 Å². The van der Waals surface area contributed by atoms with Crippen LogP contribution in [-0.2, 0) is 16.0 Å². The van der Waals surface area contributed by atoms with E-state index in [1.807, 2.05) is 6.07 Å². The lowest BCUT2D eigenvalue weighted by atomic mass is 9.97. The zero-order chi connectivity index (χ0) is 22.1. The predicted molar refractivity (Wildman–Crippen MR) is 104 cm³/mol. The number of alkyl halides is 3. The van der Waals surface area contributed by atoms with E-state index in [0.717, 1.165) is 18.4 Å². The summed E-state index contributed by atoms with van der Waals surface area (Å²) in [5, 5.41) is 9.38. The number of ether oxygens (including phenoxy) is 1. The molecule has 154 valence electrons. The summed E-state index contributed by atoms with van der Waals surface area (Å²) >= 11 is 0. The first-order chi connectivity index (χ1) is 14.0. The Balaban J connectivity index is 2.21.